The number of hydrogen-bond acceptors (Lipinski definition) is 4. The lowest BCUT2D eigenvalue weighted by Crippen LogP contribution is -2.29. The van der Waals surface area contributed by atoms with Crippen LogP contribution in [0.5, 0.6) is 0 Å². The van der Waals surface area contributed by atoms with E-state index >= 15 is 0 Å². The summed E-state index contributed by atoms with van der Waals surface area (Å²) in [5, 5.41) is 8.46. The van der Waals surface area contributed by atoms with Crippen LogP contribution in [-0.2, 0) is 11.4 Å². The van der Waals surface area contributed by atoms with Crippen LogP contribution in [0.1, 0.15) is 25.3 Å². The Labute approximate surface area is 131 Å². The molecule has 1 aromatic carbocycles. The van der Waals surface area contributed by atoms with Gasteiger partial charge < -0.3 is 4.84 Å². The summed E-state index contributed by atoms with van der Waals surface area (Å²) in [6.07, 6.45) is 5.87. The number of benzene rings is 1. The van der Waals surface area contributed by atoms with Crippen molar-refractivity contribution in [2.75, 3.05) is 13.6 Å². The number of hydrogen-bond donors (Lipinski definition) is 0. The molecule has 1 aliphatic heterocycles. The van der Waals surface area contributed by atoms with E-state index in [-0.39, 0.29) is 6.10 Å². The van der Waals surface area contributed by atoms with Crippen molar-refractivity contribution in [1.82, 2.24) is 14.7 Å². The first-order valence-electron chi connectivity index (χ1n) is 7.74. The molecule has 0 radical (unpaired) electrons. The molecule has 22 heavy (non-hydrogen) atoms. The van der Waals surface area contributed by atoms with Crippen LogP contribution in [0.3, 0.4) is 0 Å². The monoisotopic (exact) mass is 298 g/mol. The first-order chi connectivity index (χ1) is 10.8. The van der Waals surface area contributed by atoms with Gasteiger partial charge in [-0.2, -0.15) is 5.10 Å². The average molecular weight is 298 g/mol. The lowest BCUT2D eigenvalue weighted by molar-refractivity contribution is 0.0576. The maximum absolute atomic E-state index is 5.50. The van der Waals surface area contributed by atoms with E-state index in [9.17, 15) is 0 Å². The molecule has 0 aliphatic carbocycles. The quantitative estimate of drug-likeness (QED) is 0.823. The highest BCUT2D eigenvalue weighted by Crippen LogP contribution is 2.18. The van der Waals surface area contributed by atoms with Crippen LogP contribution < -0.4 is 0 Å². The Morgan fingerprint density at radius 2 is 2.18 bits per heavy atom. The first kappa shape index (κ1) is 14.8. The molecule has 0 unspecified atom stereocenters. The van der Waals surface area contributed by atoms with Gasteiger partial charge in [0.05, 0.1) is 11.4 Å². The van der Waals surface area contributed by atoms with Crippen LogP contribution in [-0.4, -0.2) is 40.1 Å². The van der Waals surface area contributed by atoms with Gasteiger partial charge in [-0.1, -0.05) is 30.3 Å². The summed E-state index contributed by atoms with van der Waals surface area (Å²) < 4.78 is 1.91. The number of oxime groups is 1. The minimum Gasteiger partial charge on any atom is -0.391 e. The summed E-state index contributed by atoms with van der Waals surface area (Å²) in [6.45, 7) is 3.85. The van der Waals surface area contributed by atoms with Crippen molar-refractivity contribution in [1.29, 1.82) is 0 Å². The molecule has 0 fully saturated rings. The van der Waals surface area contributed by atoms with E-state index in [0.29, 0.717) is 0 Å². The summed E-state index contributed by atoms with van der Waals surface area (Å²) in [4.78, 5) is 7.77. The highest BCUT2D eigenvalue weighted by atomic mass is 16.6. The van der Waals surface area contributed by atoms with Gasteiger partial charge in [0.1, 0.15) is 6.10 Å². The zero-order valence-corrected chi connectivity index (χ0v) is 13.1. The van der Waals surface area contributed by atoms with E-state index in [1.807, 2.05) is 23.0 Å². The molecule has 0 amide bonds. The fourth-order valence-corrected chi connectivity index (χ4v) is 2.78. The van der Waals surface area contributed by atoms with E-state index in [0.717, 1.165) is 37.3 Å². The highest BCUT2D eigenvalue weighted by Gasteiger charge is 2.21. The molecule has 1 atom stereocenters. The van der Waals surface area contributed by atoms with E-state index in [4.69, 9.17) is 4.84 Å². The van der Waals surface area contributed by atoms with Gasteiger partial charge in [-0.3, -0.25) is 4.90 Å². The Morgan fingerprint density at radius 3 is 2.91 bits per heavy atom. The third-order valence-electron chi connectivity index (χ3n) is 3.90. The van der Waals surface area contributed by atoms with Gasteiger partial charge in [-0.25, -0.2) is 4.68 Å². The van der Waals surface area contributed by atoms with Crippen molar-refractivity contribution >= 4 is 5.71 Å². The van der Waals surface area contributed by atoms with Gasteiger partial charge >= 0.3 is 0 Å². The van der Waals surface area contributed by atoms with Gasteiger partial charge in [0.2, 0.25) is 0 Å². The Bertz CT molecular complexity index is 636. The van der Waals surface area contributed by atoms with Crippen LogP contribution in [0.25, 0.3) is 5.69 Å². The molecule has 0 bridgehead atoms. The van der Waals surface area contributed by atoms with E-state index in [1.165, 1.54) is 5.56 Å². The van der Waals surface area contributed by atoms with E-state index < -0.39 is 0 Å². The molecule has 1 aliphatic rings. The van der Waals surface area contributed by atoms with Crippen LogP contribution >= 0.6 is 0 Å². The molecule has 0 spiro atoms. The van der Waals surface area contributed by atoms with Crippen molar-refractivity contribution < 1.29 is 4.84 Å². The summed E-state index contributed by atoms with van der Waals surface area (Å²) in [7, 11) is 2.12. The molecule has 5 nitrogen and oxygen atoms in total. The summed E-state index contributed by atoms with van der Waals surface area (Å²) >= 11 is 0. The number of likely N-dealkylation sites (N-methyl/N-ethyl adjacent to an activating group) is 1. The van der Waals surface area contributed by atoms with Crippen LogP contribution in [0.15, 0.2) is 47.9 Å². The van der Waals surface area contributed by atoms with E-state index in [2.05, 4.69) is 47.3 Å². The predicted molar refractivity (Wildman–Crippen MR) is 87.1 cm³/mol. The zero-order chi connectivity index (χ0) is 15.4. The van der Waals surface area contributed by atoms with Crippen molar-refractivity contribution in [2.24, 2.45) is 5.16 Å². The number of aromatic nitrogens is 2. The molecule has 0 saturated heterocycles. The van der Waals surface area contributed by atoms with Gasteiger partial charge in [0.25, 0.3) is 0 Å². The maximum atomic E-state index is 5.50. The fraction of sp³-hybridized carbons (Fsp3) is 0.412. The van der Waals surface area contributed by atoms with Gasteiger partial charge in [0.15, 0.2) is 0 Å². The minimum atomic E-state index is 0.178. The summed E-state index contributed by atoms with van der Waals surface area (Å²) in [5.41, 5.74) is 3.54. The second kappa shape index (κ2) is 6.75. The zero-order valence-electron chi connectivity index (χ0n) is 13.1. The Hall–Kier alpha value is -2.14. The largest absolute Gasteiger partial charge is 0.391 e. The SMILES string of the molecule is CCC1=NO[C@H](CN(C)Cc2ccccc2-n2cccn2)C1. The van der Waals surface area contributed by atoms with Gasteiger partial charge in [-0.15, -0.1) is 0 Å². The Kier molecular flexibility index (Phi) is 4.53. The second-order valence-electron chi connectivity index (χ2n) is 5.72. The fourth-order valence-electron chi connectivity index (χ4n) is 2.78. The third kappa shape index (κ3) is 3.36. The molecule has 5 heteroatoms. The molecule has 0 saturated carbocycles. The highest BCUT2D eigenvalue weighted by molar-refractivity contribution is 5.85. The van der Waals surface area contributed by atoms with E-state index in [1.54, 1.807) is 6.20 Å². The maximum Gasteiger partial charge on any atom is 0.145 e. The van der Waals surface area contributed by atoms with Crippen molar-refractivity contribution in [3.8, 4) is 5.69 Å². The molecular formula is C17H22N4O. The Morgan fingerprint density at radius 1 is 1.32 bits per heavy atom. The summed E-state index contributed by atoms with van der Waals surface area (Å²) in [6, 6.07) is 10.3. The predicted octanol–water partition coefficient (Wildman–Crippen LogP) is 2.86. The molecule has 0 N–H and O–H groups in total. The topological polar surface area (TPSA) is 42.6 Å². The van der Waals surface area contributed by atoms with Gasteiger partial charge in [-0.05, 0) is 31.2 Å². The summed E-state index contributed by atoms with van der Waals surface area (Å²) in [5.74, 6) is 0. The Balaban J connectivity index is 1.64. The smallest absolute Gasteiger partial charge is 0.145 e. The molecular weight excluding hydrogens is 276 g/mol. The molecule has 116 valence electrons. The molecule has 3 rings (SSSR count). The standard InChI is InChI=1S/C17H22N4O/c1-3-15-11-16(22-19-15)13-20(2)12-14-7-4-5-8-17(14)21-10-6-9-18-21/h4-10,16H,3,11-13H2,1-2H3/t16-/m0/s1. The van der Waals surface area contributed by atoms with Crippen LogP contribution in [0.4, 0.5) is 0 Å². The minimum absolute atomic E-state index is 0.178. The molecule has 2 heterocycles. The first-order valence-corrected chi connectivity index (χ1v) is 7.74. The van der Waals surface area contributed by atoms with Crippen molar-refractivity contribution in [2.45, 2.75) is 32.4 Å². The van der Waals surface area contributed by atoms with Crippen LogP contribution in [0, 0.1) is 0 Å². The average Bonchev–Trinajstić information content (AvgIpc) is 3.19. The number of rotatable bonds is 6. The molecule has 2 aromatic rings. The van der Waals surface area contributed by atoms with Crippen molar-refractivity contribution in [3.05, 3.63) is 48.3 Å². The second-order valence-corrected chi connectivity index (χ2v) is 5.72. The number of para-hydroxylation sites is 1. The normalized spacial score (nSPS) is 17.6. The molecule has 1 aromatic heterocycles. The third-order valence-corrected chi connectivity index (χ3v) is 3.90. The lowest BCUT2D eigenvalue weighted by atomic mass is 10.1. The van der Waals surface area contributed by atoms with Gasteiger partial charge in [0, 0.05) is 31.9 Å². The number of nitrogens with zero attached hydrogens (tertiary/aromatic N) is 4. The van der Waals surface area contributed by atoms with Crippen LogP contribution in [0.2, 0.25) is 0 Å². The lowest BCUT2D eigenvalue weighted by Gasteiger charge is -2.21. The van der Waals surface area contributed by atoms with Crippen molar-refractivity contribution in [3.63, 3.8) is 0 Å².